The quantitative estimate of drug-likeness (QED) is 0.229. The number of carbonyl (C=O) groups is 2. The molecular weight excluding hydrogens is 512 g/mol. The lowest BCUT2D eigenvalue weighted by molar-refractivity contribution is 0.0603. The summed E-state index contributed by atoms with van der Waals surface area (Å²) in [4.78, 5) is 32.7. The van der Waals surface area contributed by atoms with Crippen molar-refractivity contribution in [2.45, 2.75) is 25.8 Å². The van der Waals surface area contributed by atoms with Gasteiger partial charge in [-0.2, -0.15) is 0 Å². The van der Waals surface area contributed by atoms with Gasteiger partial charge in [0.25, 0.3) is 5.91 Å². The first kappa shape index (κ1) is 26.3. The van der Waals surface area contributed by atoms with Crippen molar-refractivity contribution in [2.24, 2.45) is 0 Å². The van der Waals surface area contributed by atoms with Crippen molar-refractivity contribution in [1.29, 1.82) is 0 Å². The third-order valence-electron chi connectivity index (χ3n) is 7.67. The summed E-state index contributed by atoms with van der Waals surface area (Å²) in [5.41, 5.74) is 6.61. The predicted molar refractivity (Wildman–Crippen MR) is 163 cm³/mol. The number of fused-ring (bicyclic) bond motifs is 1. The molecule has 5 aromatic rings. The van der Waals surface area contributed by atoms with Gasteiger partial charge in [-0.05, 0) is 85.5 Å². The van der Waals surface area contributed by atoms with Gasteiger partial charge in [0.05, 0.1) is 24.1 Å². The van der Waals surface area contributed by atoms with Gasteiger partial charge in [-0.25, -0.2) is 4.79 Å². The van der Waals surface area contributed by atoms with E-state index in [-0.39, 0.29) is 11.9 Å². The van der Waals surface area contributed by atoms with Crippen molar-refractivity contribution in [1.82, 2.24) is 9.55 Å². The summed E-state index contributed by atoms with van der Waals surface area (Å²) in [6, 6.07) is 27.2. The molecule has 6 rings (SSSR count). The van der Waals surface area contributed by atoms with Gasteiger partial charge < -0.3 is 19.5 Å². The minimum Gasteiger partial charge on any atom is -0.465 e. The molecule has 0 spiro atoms. The number of hydrogen-bond acceptors (Lipinski definition) is 5. The fourth-order valence-corrected chi connectivity index (χ4v) is 5.58. The van der Waals surface area contributed by atoms with E-state index in [0.29, 0.717) is 17.7 Å². The van der Waals surface area contributed by atoms with Crippen LogP contribution in [-0.2, 0) is 11.3 Å². The average molecular weight is 545 g/mol. The second kappa shape index (κ2) is 11.7. The molecule has 1 aliphatic heterocycles. The van der Waals surface area contributed by atoms with Crippen LogP contribution < -0.4 is 10.2 Å². The van der Waals surface area contributed by atoms with E-state index < -0.39 is 0 Å². The van der Waals surface area contributed by atoms with Gasteiger partial charge in [0, 0.05) is 59.7 Å². The number of methoxy groups -OCH3 is 1. The Morgan fingerprint density at radius 2 is 1.76 bits per heavy atom. The molecule has 0 saturated carbocycles. The lowest BCUT2D eigenvalue weighted by Crippen LogP contribution is -2.29. The summed E-state index contributed by atoms with van der Waals surface area (Å²) in [5, 5.41) is 3.98. The number of nitrogens with zero attached hydrogens (tertiary/aromatic N) is 3. The van der Waals surface area contributed by atoms with E-state index in [9.17, 15) is 9.59 Å². The van der Waals surface area contributed by atoms with E-state index in [1.807, 2.05) is 72.9 Å². The van der Waals surface area contributed by atoms with Crippen LogP contribution in [0.15, 0.2) is 97.3 Å². The Kier molecular flexibility index (Phi) is 7.50. The fraction of sp³-hybridized carbons (Fsp3) is 0.206. The smallest absolute Gasteiger partial charge is 0.338 e. The van der Waals surface area contributed by atoms with Crippen molar-refractivity contribution >= 4 is 34.2 Å². The summed E-state index contributed by atoms with van der Waals surface area (Å²) in [6.45, 7) is 2.64. The molecule has 0 atom stereocenters. The van der Waals surface area contributed by atoms with E-state index in [4.69, 9.17) is 4.74 Å². The number of piperidine rings is 1. The van der Waals surface area contributed by atoms with Crippen LogP contribution in [0.3, 0.4) is 0 Å². The Hall–Kier alpha value is -4.91. The molecule has 2 aromatic heterocycles. The fourth-order valence-electron chi connectivity index (χ4n) is 5.58. The SMILES string of the molecule is COC(=O)c1cccc2c1ccn2Cc1cccc(C(=O)Nc2ccc(N3CCCCC3)cc2-c2ccccn2)c1. The average Bonchev–Trinajstić information content (AvgIpc) is 3.44. The number of nitrogens with one attached hydrogen (secondary N) is 1. The second-order valence-electron chi connectivity index (χ2n) is 10.3. The molecule has 206 valence electrons. The third kappa shape index (κ3) is 5.57. The number of rotatable bonds is 7. The molecule has 0 unspecified atom stereocenters. The Balaban J connectivity index is 1.26. The van der Waals surface area contributed by atoms with Crippen LogP contribution in [0.4, 0.5) is 11.4 Å². The number of esters is 1. The van der Waals surface area contributed by atoms with Crippen molar-refractivity contribution in [3.8, 4) is 11.3 Å². The van der Waals surface area contributed by atoms with Gasteiger partial charge in [-0.15, -0.1) is 0 Å². The van der Waals surface area contributed by atoms with Crippen LogP contribution in [0, 0.1) is 0 Å². The molecule has 3 heterocycles. The van der Waals surface area contributed by atoms with Crippen molar-refractivity contribution in [3.05, 3.63) is 114 Å². The summed E-state index contributed by atoms with van der Waals surface area (Å²) < 4.78 is 7.00. The highest BCUT2D eigenvalue weighted by Crippen LogP contribution is 2.33. The largest absolute Gasteiger partial charge is 0.465 e. The Labute approximate surface area is 239 Å². The molecule has 7 nitrogen and oxygen atoms in total. The number of carbonyl (C=O) groups excluding carboxylic acids is 2. The molecule has 1 aliphatic rings. The number of anilines is 2. The van der Waals surface area contributed by atoms with Crippen LogP contribution >= 0.6 is 0 Å². The third-order valence-corrected chi connectivity index (χ3v) is 7.67. The molecule has 0 bridgehead atoms. The molecule has 1 saturated heterocycles. The van der Waals surface area contributed by atoms with Crippen LogP contribution in [0.25, 0.3) is 22.2 Å². The van der Waals surface area contributed by atoms with Crippen molar-refractivity contribution < 1.29 is 14.3 Å². The number of aromatic nitrogens is 2. The van der Waals surface area contributed by atoms with Crippen LogP contribution in [0.2, 0.25) is 0 Å². The Morgan fingerprint density at radius 1 is 0.902 bits per heavy atom. The first-order valence-corrected chi connectivity index (χ1v) is 14.0. The topological polar surface area (TPSA) is 76.5 Å². The maximum atomic E-state index is 13.5. The van der Waals surface area contributed by atoms with E-state index in [2.05, 4.69) is 31.9 Å². The number of benzene rings is 3. The predicted octanol–water partition coefficient (Wildman–Crippen LogP) is 6.78. The molecular formula is C34H32N4O3. The highest BCUT2D eigenvalue weighted by Gasteiger charge is 2.17. The molecule has 3 aromatic carbocycles. The number of pyridine rings is 1. The highest BCUT2D eigenvalue weighted by molar-refractivity contribution is 6.06. The van der Waals surface area contributed by atoms with Gasteiger partial charge >= 0.3 is 5.97 Å². The van der Waals surface area contributed by atoms with Crippen LogP contribution in [0.1, 0.15) is 45.5 Å². The van der Waals surface area contributed by atoms with Crippen LogP contribution in [-0.4, -0.2) is 41.6 Å². The molecule has 0 radical (unpaired) electrons. The Bertz CT molecular complexity index is 1700. The van der Waals surface area contributed by atoms with Gasteiger partial charge in [-0.3, -0.25) is 9.78 Å². The first-order chi connectivity index (χ1) is 20.1. The van der Waals surface area contributed by atoms with Crippen molar-refractivity contribution in [3.63, 3.8) is 0 Å². The zero-order chi connectivity index (χ0) is 28.2. The number of ether oxygens (including phenoxy) is 1. The van der Waals surface area contributed by atoms with Gasteiger partial charge in [0.2, 0.25) is 0 Å². The maximum absolute atomic E-state index is 13.5. The van der Waals surface area contributed by atoms with E-state index in [1.54, 1.807) is 12.3 Å². The van der Waals surface area contributed by atoms with E-state index >= 15 is 0 Å². The lowest BCUT2D eigenvalue weighted by Gasteiger charge is -2.29. The maximum Gasteiger partial charge on any atom is 0.338 e. The second-order valence-corrected chi connectivity index (χ2v) is 10.3. The number of amides is 1. The standard InChI is InChI=1S/C34H32N4O3/c1-41-34(40)28-11-8-13-32-27(28)16-20-38(32)23-24-9-7-10-25(21-24)33(39)36-31-15-14-26(37-18-5-2-6-19-37)22-29(31)30-12-3-4-17-35-30/h3-4,7-17,20-22H,2,5-6,18-19,23H2,1H3,(H,36,39). The van der Waals surface area contributed by atoms with Gasteiger partial charge in [0.1, 0.15) is 0 Å². The molecule has 1 fully saturated rings. The zero-order valence-corrected chi connectivity index (χ0v) is 23.0. The summed E-state index contributed by atoms with van der Waals surface area (Å²) >= 11 is 0. The monoisotopic (exact) mass is 544 g/mol. The number of hydrogen-bond donors (Lipinski definition) is 1. The minimum absolute atomic E-state index is 0.180. The normalized spacial score (nSPS) is 13.2. The summed E-state index contributed by atoms with van der Waals surface area (Å²) in [6.07, 6.45) is 7.38. The summed E-state index contributed by atoms with van der Waals surface area (Å²) in [5.74, 6) is -0.541. The molecule has 0 aliphatic carbocycles. The Morgan fingerprint density at radius 3 is 2.56 bits per heavy atom. The molecule has 1 N–H and O–H groups in total. The van der Waals surface area contributed by atoms with Gasteiger partial charge in [0.15, 0.2) is 0 Å². The van der Waals surface area contributed by atoms with E-state index in [0.717, 1.165) is 52.2 Å². The van der Waals surface area contributed by atoms with Crippen LogP contribution in [0.5, 0.6) is 0 Å². The molecule has 41 heavy (non-hydrogen) atoms. The lowest BCUT2D eigenvalue weighted by atomic mass is 10.0. The summed E-state index contributed by atoms with van der Waals surface area (Å²) in [7, 11) is 1.39. The minimum atomic E-state index is -0.360. The van der Waals surface area contributed by atoms with E-state index in [1.165, 1.54) is 26.4 Å². The van der Waals surface area contributed by atoms with Gasteiger partial charge in [-0.1, -0.05) is 24.3 Å². The molecule has 1 amide bonds. The first-order valence-electron chi connectivity index (χ1n) is 14.0. The highest BCUT2D eigenvalue weighted by atomic mass is 16.5. The molecule has 7 heteroatoms. The zero-order valence-electron chi connectivity index (χ0n) is 23.0. The van der Waals surface area contributed by atoms with Crippen molar-refractivity contribution in [2.75, 3.05) is 30.4 Å².